The molecule has 0 saturated heterocycles. The van der Waals surface area contributed by atoms with Gasteiger partial charge in [0.1, 0.15) is 0 Å². The van der Waals surface area contributed by atoms with Crippen molar-refractivity contribution in [1.82, 2.24) is 14.5 Å². The molecule has 184 valence electrons. The molecule has 0 saturated carbocycles. The van der Waals surface area contributed by atoms with E-state index in [0.29, 0.717) is 0 Å². The van der Waals surface area contributed by atoms with Crippen molar-refractivity contribution < 1.29 is 0 Å². The molecule has 0 fully saturated rings. The van der Waals surface area contributed by atoms with Crippen LogP contribution in [0.3, 0.4) is 0 Å². The summed E-state index contributed by atoms with van der Waals surface area (Å²) in [6, 6.07) is 37.6. The SMILES string of the molecule is Cc1ccc2c(c1)c1cc(C)ccc1n2-c1ccccc1-c1ccc2c(c1)c1ccccc1c1nccnc21. The Hall–Kier alpha value is -5.02. The molecule has 8 rings (SSSR count). The highest BCUT2D eigenvalue weighted by Gasteiger charge is 2.17. The largest absolute Gasteiger partial charge is 0.309 e. The van der Waals surface area contributed by atoms with Crippen LogP contribution in [0.15, 0.2) is 116 Å². The Morgan fingerprint density at radius 3 is 1.77 bits per heavy atom. The molecular formula is C36H25N3. The van der Waals surface area contributed by atoms with Crippen LogP contribution < -0.4 is 0 Å². The van der Waals surface area contributed by atoms with E-state index < -0.39 is 0 Å². The molecule has 3 heteroatoms. The first kappa shape index (κ1) is 22.0. The first-order valence-corrected chi connectivity index (χ1v) is 13.3. The second-order valence-electron chi connectivity index (χ2n) is 10.5. The van der Waals surface area contributed by atoms with E-state index in [-0.39, 0.29) is 0 Å². The first-order chi connectivity index (χ1) is 19.2. The summed E-state index contributed by atoms with van der Waals surface area (Å²) in [5.41, 5.74) is 10.4. The second-order valence-corrected chi connectivity index (χ2v) is 10.5. The average Bonchev–Trinajstić information content (AvgIpc) is 3.29. The van der Waals surface area contributed by atoms with Crippen molar-refractivity contribution in [1.29, 1.82) is 0 Å². The van der Waals surface area contributed by atoms with Crippen LogP contribution in [0.25, 0.3) is 71.2 Å². The third-order valence-corrected chi connectivity index (χ3v) is 7.98. The molecule has 0 spiro atoms. The monoisotopic (exact) mass is 499 g/mol. The van der Waals surface area contributed by atoms with Gasteiger partial charge in [-0.05, 0) is 66.6 Å². The second kappa shape index (κ2) is 8.24. The van der Waals surface area contributed by atoms with E-state index in [1.54, 1.807) is 12.4 Å². The van der Waals surface area contributed by atoms with Gasteiger partial charge in [-0.3, -0.25) is 9.97 Å². The minimum Gasteiger partial charge on any atom is -0.309 e. The van der Waals surface area contributed by atoms with Gasteiger partial charge in [-0.15, -0.1) is 0 Å². The molecule has 0 aliphatic carbocycles. The van der Waals surface area contributed by atoms with E-state index in [9.17, 15) is 0 Å². The van der Waals surface area contributed by atoms with Gasteiger partial charge in [0.15, 0.2) is 0 Å². The minimum absolute atomic E-state index is 0.944. The summed E-state index contributed by atoms with van der Waals surface area (Å²) in [5.74, 6) is 0. The average molecular weight is 500 g/mol. The van der Waals surface area contributed by atoms with Gasteiger partial charge in [0.05, 0.1) is 27.8 Å². The molecule has 0 radical (unpaired) electrons. The summed E-state index contributed by atoms with van der Waals surface area (Å²) in [4.78, 5) is 9.43. The lowest BCUT2D eigenvalue weighted by molar-refractivity contribution is 1.18. The lowest BCUT2D eigenvalue weighted by Gasteiger charge is -2.15. The lowest BCUT2D eigenvalue weighted by Crippen LogP contribution is -1.97. The van der Waals surface area contributed by atoms with Crippen molar-refractivity contribution in [3.63, 3.8) is 0 Å². The Morgan fingerprint density at radius 1 is 0.487 bits per heavy atom. The molecule has 0 aliphatic rings. The third-order valence-electron chi connectivity index (χ3n) is 7.98. The number of nitrogens with zero attached hydrogens (tertiary/aromatic N) is 3. The topological polar surface area (TPSA) is 30.7 Å². The first-order valence-electron chi connectivity index (χ1n) is 13.3. The zero-order valence-corrected chi connectivity index (χ0v) is 21.8. The van der Waals surface area contributed by atoms with E-state index in [2.05, 4.69) is 122 Å². The van der Waals surface area contributed by atoms with Crippen molar-refractivity contribution in [3.8, 4) is 16.8 Å². The van der Waals surface area contributed by atoms with Gasteiger partial charge in [0.2, 0.25) is 0 Å². The van der Waals surface area contributed by atoms with Crippen LogP contribution in [-0.4, -0.2) is 14.5 Å². The summed E-state index contributed by atoms with van der Waals surface area (Å²) < 4.78 is 2.42. The maximum atomic E-state index is 4.74. The molecule has 6 aromatic carbocycles. The van der Waals surface area contributed by atoms with Gasteiger partial charge in [0, 0.05) is 39.5 Å². The summed E-state index contributed by atoms with van der Waals surface area (Å²) in [6.45, 7) is 4.33. The Bertz CT molecular complexity index is 2160. The molecule has 2 aromatic heterocycles. The number of benzene rings is 6. The molecule has 0 unspecified atom stereocenters. The van der Waals surface area contributed by atoms with Crippen LogP contribution in [-0.2, 0) is 0 Å². The van der Waals surface area contributed by atoms with Crippen molar-refractivity contribution in [2.24, 2.45) is 0 Å². The van der Waals surface area contributed by atoms with Crippen molar-refractivity contribution >= 4 is 54.4 Å². The van der Waals surface area contributed by atoms with Crippen LogP contribution in [0.2, 0.25) is 0 Å². The van der Waals surface area contributed by atoms with E-state index in [0.717, 1.165) is 21.8 Å². The van der Waals surface area contributed by atoms with Crippen LogP contribution in [0, 0.1) is 13.8 Å². The molecule has 2 heterocycles. The number of aryl methyl sites for hydroxylation is 2. The van der Waals surface area contributed by atoms with Gasteiger partial charge >= 0.3 is 0 Å². The summed E-state index contributed by atoms with van der Waals surface area (Å²) in [7, 11) is 0. The maximum absolute atomic E-state index is 4.74. The van der Waals surface area contributed by atoms with E-state index >= 15 is 0 Å². The van der Waals surface area contributed by atoms with Gasteiger partial charge in [-0.25, -0.2) is 0 Å². The number of aromatic nitrogens is 3. The lowest BCUT2D eigenvalue weighted by atomic mass is 9.95. The standard InChI is InChI=1S/C36H25N3/c1-22-11-15-33-30(19-22)31-20-23(2)12-16-34(31)39(33)32-10-6-5-7-25(32)24-13-14-28-29(21-24)26-8-3-4-9-27(26)35-36(28)38-18-17-37-35/h3-21H,1-2H3. The van der Waals surface area contributed by atoms with Gasteiger partial charge < -0.3 is 4.57 Å². The van der Waals surface area contributed by atoms with Crippen molar-refractivity contribution in [2.75, 3.05) is 0 Å². The summed E-state index contributed by atoms with van der Waals surface area (Å²) >= 11 is 0. The quantitative estimate of drug-likeness (QED) is 0.222. The molecule has 0 amide bonds. The molecule has 39 heavy (non-hydrogen) atoms. The van der Waals surface area contributed by atoms with Gasteiger partial charge in [0.25, 0.3) is 0 Å². The van der Waals surface area contributed by atoms with Gasteiger partial charge in [-0.1, -0.05) is 77.9 Å². The highest BCUT2D eigenvalue weighted by Crippen LogP contribution is 2.39. The van der Waals surface area contributed by atoms with Crippen LogP contribution in [0.1, 0.15) is 11.1 Å². The predicted molar refractivity (Wildman–Crippen MR) is 164 cm³/mol. The number of hydrogen-bond acceptors (Lipinski definition) is 2. The number of hydrogen-bond donors (Lipinski definition) is 0. The van der Waals surface area contributed by atoms with Crippen LogP contribution in [0.5, 0.6) is 0 Å². The zero-order chi connectivity index (χ0) is 26.1. The smallest absolute Gasteiger partial charge is 0.0971 e. The fourth-order valence-electron chi connectivity index (χ4n) is 6.22. The zero-order valence-electron chi connectivity index (χ0n) is 21.8. The van der Waals surface area contributed by atoms with Crippen LogP contribution in [0.4, 0.5) is 0 Å². The molecule has 0 aliphatic heterocycles. The number of para-hydroxylation sites is 1. The fourth-order valence-corrected chi connectivity index (χ4v) is 6.22. The van der Waals surface area contributed by atoms with Crippen molar-refractivity contribution in [2.45, 2.75) is 13.8 Å². The Kier molecular flexibility index (Phi) is 4.65. The van der Waals surface area contributed by atoms with Crippen molar-refractivity contribution in [3.05, 3.63) is 127 Å². The molecule has 3 nitrogen and oxygen atoms in total. The van der Waals surface area contributed by atoms with Crippen LogP contribution >= 0.6 is 0 Å². The number of fused-ring (bicyclic) bond motifs is 9. The van der Waals surface area contributed by atoms with E-state index in [4.69, 9.17) is 9.97 Å². The molecule has 0 bridgehead atoms. The Balaban J connectivity index is 1.45. The van der Waals surface area contributed by atoms with E-state index in [1.807, 2.05) is 0 Å². The Labute approximate surface area is 226 Å². The highest BCUT2D eigenvalue weighted by molar-refractivity contribution is 6.23. The summed E-state index contributed by atoms with van der Waals surface area (Å²) in [5, 5.41) is 7.23. The minimum atomic E-state index is 0.944. The fraction of sp³-hybridized carbons (Fsp3) is 0.0556. The predicted octanol–water partition coefficient (Wildman–Crippen LogP) is 9.32. The third kappa shape index (κ3) is 3.23. The molecule has 0 atom stereocenters. The Morgan fingerprint density at radius 2 is 1.08 bits per heavy atom. The highest BCUT2D eigenvalue weighted by atomic mass is 15.0. The maximum Gasteiger partial charge on any atom is 0.0971 e. The summed E-state index contributed by atoms with van der Waals surface area (Å²) in [6.07, 6.45) is 3.56. The molecule has 0 N–H and O–H groups in total. The number of rotatable bonds is 2. The molecule has 8 aromatic rings. The molecular weight excluding hydrogens is 474 g/mol. The van der Waals surface area contributed by atoms with E-state index in [1.165, 1.54) is 60.5 Å². The van der Waals surface area contributed by atoms with Gasteiger partial charge in [-0.2, -0.15) is 0 Å². The normalized spacial score (nSPS) is 11.8.